The van der Waals surface area contributed by atoms with E-state index in [2.05, 4.69) is 26.6 Å². The Morgan fingerprint density at radius 2 is 1.91 bits per heavy atom. The molecule has 1 amide bonds. The Morgan fingerprint density at radius 3 is 2.68 bits per heavy atom. The maximum absolute atomic E-state index is 13.0. The second-order valence-electron chi connectivity index (χ2n) is 8.75. The number of aryl methyl sites for hydroxylation is 2. The van der Waals surface area contributed by atoms with E-state index in [-0.39, 0.29) is 23.1 Å². The van der Waals surface area contributed by atoms with Crippen molar-refractivity contribution in [2.75, 3.05) is 6.54 Å². The maximum Gasteiger partial charge on any atom is 0.274 e. The average Bonchev–Trinajstić information content (AvgIpc) is 3.47. The van der Waals surface area contributed by atoms with Crippen molar-refractivity contribution in [1.29, 1.82) is 0 Å². The van der Waals surface area contributed by atoms with Crippen molar-refractivity contribution in [2.24, 2.45) is 5.92 Å². The van der Waals surface area contributed by atoms with Gasteiger partial charge in [0.2, 0.25) is 0 Å². The summed E-state index contributed by atoms with van der Waals surface area (Å²) < 4.78 is 3.42. The van der Waals surface area contributed by atoms with Crippen molar-refractivity contribution < 1.29 is 4.79 Å². The summed E-state index contributed by atoms with van der Waals surface area (Å²) >= 11 is 0. The molecule has 0 aliphatic rings. The van der Waals surface area contributed by atoms with Gasteiger partial charge < -0.3 is 10.3 Å². The number of hydrogen-bond donors (Lipinski definition) is 2. The number of H-pyrrole nitrogens is 1. The average molecular weight is 455 g/mol. The van der Waals surface area contributed by atoms with Crippen LogP contribution in [0.25, 0.3) is 27.5 Å². The van der Waals surface area contributed by atoms with Gasteiger partial charge in [-0.05, 0) is 42.7 Å². The van der Waals surface area contributed by atoms with Crippen molar-refractivity contribution in [3.8, 4) is 11.3 Å². The second kappa shape index (κ2) is 8.62. The molecule has 2 N–H and O–H groups in total. The van der Waals surface area contributed by atoms with Crippen molar-refractivity contribution in [3.05, 3.63) is 88.2 Å². The molecule has 0 aliphatic carbocycles. The third-order valence-corrected chi connectivity index (χ3v) is 6.18. The highest BCUT2D eigenvalue weighted by molar-refractivity contribution is 5.95. The summed E-state index contributed by atoms with van der Waals surface area (Å²) in [5.41, 5.74) is 3.27. The molecule has 0 spiro atoms. The van der Waals surface area contributed by atoms with Gasteiger partial charge in [0.25, 0.3) is 11.5 Å². The number of hydrogen-bond acceptors (Lipinski definition) is 4. The fraction of sp³-hybridized carbons (Fsp3) is 0.231. The van der Waals surface area contributed by atoms with Gasteiger partial charge in [0, 0.05) is 36.6 Å². The summed E-state index contributed by atoms with van der Waals surface area (Å²) in [5.74, 6) is -0.106. The Balaban J connectivity index is 1.46. The SMILES string of the molecule is Cc1c(C(=O)NCC(C)Cn2cccn2)nn2c(C)c(-c3ccc4ccccc4c3)[nH]c(=O)c12. The molecule has 0 bridgehead atoms. The van der Waals surface area contributed by atoms with Gasteiger partial charge in [0.05, 0.1) is 11.4 Å². The van der Waals surface area contributed by atoms with Crippen molar-refractivity contribution in [2.45, 2.75) is 27.3 Å². The van der Waals surface area contributed by atoms with E-state index in [0.717, 1.165) is 22.0 Å². The highest BCUT2D eigenvalue weighted by Crippen LogP contribution is 2.26. The smallest absolute Gasteiger partial charge is 0.274 e. The lowest BCUT2D eigenvalue weighted by atomic mass is 10.0. The van der Waals surface area contributed by atoms with E-state index in [1.165, 1.54) is 0 Å². The number of aromatic nitrogens is 5. The molecule has 5 aromatic rings. The zero-order valence-electron chi connectivity index (χ0n) is 19.4. The molecule has 1 unspecified atom stereocenters. The van der Waals surface area contributed by atoms with E-state index in [0.29, 0.717) is 29.9 Å². The molecular formula is C26H26N6O2. The quantitative estimate of drug-likeness (QED) is 0.409. The molecule has 0 saturated carbocycles. The predicted octanol–water partition coefficient (Wildman–Crippen LogP) is 3.72. The van der Waals surface area contributed by atoms with Gasteiger partial charge in [-0.2, -0.15) is 10.2 Å². The first-order valence-corrected chi connectivity index (χ1v) is 11.3. The van der Waals surface area contributed by atoms with E-state index >= 15 is 0 Å². The lowest BCUT2D eigenvalue weighted by molar-refractivity contribution is 0.0940. The van der Waals surface area contributed by atoms with Crippen LogP contribution in [-0.2, 0) is 6.54 Å². The lowest BCUT2D eigenvalue weighted by Gasteiger charge is -2.12. The highest BCUT2D eigenvalue weighted by atomic mass is 16.2. The van der Waals surface area contributed by atoms with Crippen LogP contribution in [0, 0.1) is 19.8 Å². The summed E-state index contributed by atoms with van der Waals surface area (Å²) in [6.07, 6.45) is 3.63. The van der Waals surface area contributed by atoms with Crippen LogP contribution in [0.15, 0.2) is 65.7 Å². The van der Waals surface area contributed by atoms with Gasteiger partial charge in [0.1, 0.15) is 5.52 Å². The van der Waals surface area contributed by atoms with Crippen LogP contribution in [0.2, 0.25) is 0 Å². The summed E-state index contributed by atoms with van der Waals surface area (Å²) in [5, 5.41) is 13.9. The van der Waals surface area contributed by atoms with Gasteiger partial charge >= 0.3 is 0 Å². The number of amides is 1. The summed E-state index contributed by atoms with van der Waals surface area (Å²) in [4.78, 5) is 29.0. The topological polar surface area (TPSA) is 97.1 Å². The van der Waals surface area contributed by atoms with Crippen LogP contribution in [0.4, 0.5) is 0 Å². The Hall–Kier alpha value is -4.20. The first kappa shape index (κ1) is 21.6. The third kappa shape index (κ3) is 3.87. The maximum atomic E-state index is 13.0. The van der Waals surface area contributed by atoms with Crippen molar-refractivity contribution >= 4 is 22.2 Å². The first-order valence-electron chi connectivity index (χ1n) is 11.3. The molecular weight excluding hydrogens is 428 g/mol. The molecule has 172 valence electrons. The Morgan fingerprint density at radius 1 is 1.12 bits per heavy atom. The lowest BCUT2D eigenvalue weighted by Crippen LogP contribution is -2.30. The van der Waals surface area contributed by atoms with Crippen molar-refractivity contribution in [3.63, 3.8) is 0 Å². The number of carbonyl (C=O) groups excluding carboxylic acids is 1. The minimum absolute atomic E-state index is 0.186. The standard InChI is InChI=1S/C26H26N6O2/c1-16(15-31-12-6-11-28-31)14-27-25(33)22-17(2)24-26(34)29-23(18(3)32(24)30-22)21-10-9-19-7-4-5-8-20(19)13-21/h4-13,16H,14-15H2,1-3H3,(H,27,33)(H,29,34). The Labute approximate surface area is 196 Å². The molecule has 1 atom stereocenters. The van der Waals surface area contributed by atoms with Crippen molar-refractivity contribution in [1.82, 2.24) is 29.7 Å². The molecule has 3 heterocycles. The predicted molar refractivity (Wildman–Crippen MR) is 132 cm³/mol. The minimum Gasteiger partial charge on any atom is -0.350 e. The molecule has 0 saturated heterocycles. The zero-order valence-corrected chi connectivity index (χ0v) is 19.4. The number of benzene rings is 2. The van der Waals surface area contributed by atoms with Crippen LogP contribution in [0.5, 0.6) is 0 Å². The van der Waals surface area contributed by atoms with Crippen LogP contribution in [0.1, 0.15) is 28.7 Å². The fourth-order valence-corrected chi connectivity index (χ4v) is 4.36. The largest absolute Gasteiger partial charge is 0.350 e. The van der Waals surface area contributed by atoms with Gasteiger partial charge in [-0.15, -0.1) is 0 Å². The van der Waals surface area contributed by atoms with Gasteiger partial charge in [-0.25, -0.2) is 4.52 Å². The van der Waals surface area contributed by atoms with Crippen LogP contribution in [-0.4, -0.2) is 36.8 Å². The molecule has 8 nitrogen and oxygen atoms in total. The second-order valence-corrected chi connectivity index (χ2v) is 8.75. The molecule has 3 aromatic heterocycles. The number of aromatic amines is 1. The zero-order chi connectivity index (χ0) is 23.8. The van der Waals surface area contributed by atoms with E-state index in [9.17, 15) is 9.59 Å². The molecule has 0 fully saturated rings. The van der Waals surface area contributed by atoms with Gasteiger partial charge in [-0.1, -0.05) is 43.3 Å². The molecule has 0 aliphatic heterocycles. The fourth-order valence-electron chi connectivity index (χ4n) is 4.36. The highest BCUT2D eigenvalue weighted by Gasteiger charge is 2.21. The Kier molecular flexibility index (Phi) is 5.49. The molecule has 8 heteroatoms. The molecule has 2 aromatic carbocycles. The number of rotatable bonds is 6. The summed E-state index contributed by atoms with van der Waals surface area (Å²) in [6.45, 7) is 6.88. The minimum atomic E-state index is -0.292. The van der Waals surface area contributed by atoms with Crippen LogP contribution < -0.4 is 10.9 Å². The molecule has 5 rings (SSSR count). The van der Waals surface area contributed by atoms with Gasteiger partial charge in [0.15, 0.2) is 5.69 Å². The molecule has 0 radical (unpaired) electrons. The van der Waals surface area contributed by atoms with Crippen LogP contribution in [0.3, 0.4) is 0 Å². The monoisotopic (exact) mass is 454 g/mol. The van der Waals surface area contributed by atoms with E-state index in [1.54, 1.807) is 17.6 Å². The number of fused-ring (bicyclic) bond motifs is 2. The van der Waals surface area contributed by atoms with Crippen LogP contribution >= 0.6 is 0 Å². The first-order chi connectivity index (χ1) is 16.4. The van der Waals surface area contributed by atoms with Gasteiger partial charge in [-0.3, -0.25) is 14.3 Å². The number of carbonyl (C=O) groups is 1. The third-order valence-electron chi connectivity index (χ3n) is 6.18. The number of nitrogens with one attached hydrogen (secondary N) is 2. The number of nitrogens with zero attached hydrogens (tertiary/aromatic N) is 4. The summed E-state index contributed by atoms with van der Waals surface area (Å²) in [7, 11) is 0. The Bertz CT molecular complexity index is 1560. The van der Waals surface area contributed by atoms with E-state index in [4.69, 9.17) is 0 Å². The molecule has 34 heavy (non-hydrogen) atoms. The van der Waals surface area contributed by atoms with E-state index in [1.807, 2.05) is 67.2 Å². The van der Waals surface area contributed by atoms with E-state index < -0.39 is 0 Å². The summed E-state index contributed by atoms with van der Waals surface area (Å²) in [6, 6.07) is 16.0. The normalized spacial score (nSPS) is 12.3.